The predicted molar refractivity (Wildman–Crippen MR) is 137 cm³/mol. The van der Waals surface area contributed by atoms with Crippen molar-refractivity contribution in [2.75, 3.05) is 36.8 Å². The summed E-state index contributed by atoms with van der Waals surface area (Å²) in [6, 6.07) is 10.9. The van der Waals surface area contributed by atoms with Gasteiger partial charge in [0.2, 0.25) is 5.91 Å². The van der Waals surface area contributed by atoms with E-state index in [1.54, 1.807) is 29.2 Å². The Morgan fingerprint density at radius 1 is 0.970 bits per heavy atom. The number of carbonyl (C=O) groups is 1. The van der Waals surface area contributed by atoms with Crippen molar-refractivity contribution < 1.29 is 13.2 Å². The molecule has 0 N–H and O–H groups in total. The first-order chi connectivity index (χ1) is 15.6. The Hall–Kier alpha value is -2.29. The Morgan fingerprint density at radius 2 is 1.64 bits per heavy atom. The fraction of sp³-hybridized carbons (Fsp3) is 0.440. The minimum absolute atomic E-state index is 0.0810. The van der Waals surface area contributed by atoms with E-state index in [9.17, 15) is 13.2 Å². The number of nitrogens with zero attached hydrogens (tertiary/aromatic N) is 3. The smallest absolute Gasteiger partial charge is 0.229 e. The van der Waals surface area contributed by atoms with Gasteiger partial charge in [0.15, 0.2) is 15.0 Å². The molecule has 33 heavy (non-hydrogen) atoms. The maximum absolute atomic E-state index is 13.3. The van der Waals surface area contributed by atoms with Crippen molar-refractivity contribution >= 4 is 42.4 Å². The largest absolute Gasteiger partial charge is 0.302 e. The van der Waals surface area contributed by atoms with Crippen molar-refractivity contribution in [3.63, 3.8) is 0 Å². The lowest BCUT2D eigenvalue weighted by atomic mass is 10.1. The lowest BCUT2D eigenvalue weighted by Crippen LogP contribution is -2.39. The molecule has 0 fully saturated rings. The van der Waals surface area contributed by atoms with Gasteiger partial charge in [0.05, 0.1) is 20.9 Å². The van der Waals surface area contributed by atoms with Gasteiger partial charge in [-0.25, -0.2) is 13.4 Å². The zero-order valence-corrected chi connectivity index (χ0v) is 21.7. The van der Waals surface area contributed by atoms with Gasteiger partial charge in [0.25, 0.3) is 0 Å². The SMILES string of the molecule is CCN(CC)CCN(C(=O)CCS(=O)(=O)c1ccc(C)cc1)c1nc2cc(C)cc(C)c2s1. The van der Waals surface area contributed by atoms with Gasteiger partial charge in [-0.05, 0) is 63.2 Å². The first kappa shape index (κ1) is 25.3. The molecule has 1 aromatic heterocycles. The van der Waals surface area contributed by atoms with Gasteiger partial charge < -0.3 is 4.90 Å². The molecule has 2 aromatic carbocycles. The molecule has 1 amide bonds. The summed E-state index contributed by atoms with van der Waals surface area (Å²) < 4.78 is 26.7. The highest BCUT2D eigenvalue weighted by Gasteiger charge is 2.24. The van der Waals surface area contributed by atoms with E-state index in [0.717, 1.165) is 40.0 Å². The van der Waals surface area contributed by atoms with Crippen molar-refractivity contribution in [3.05, 3.63) is 53.1 Å². The number of aromatic nitrogens is 1. The molecular formula is C25H33N3O3S2. The summed E-state index contributed by atoms with van der Waals surface area (Å²) in [6.45, 7) is 13.1. The van der Waals surface area contributed by atoms with Crippen LogP contribution in [0.2, 0.25) is 0 Å². The van der Waals surface area contributed by atoms with E-state index in [1.807, 2.05) is 26.8 Å². The van der Waals surface area contributed by atoms with Crippen molar-refractivity contribution in [2.45, 2.75) is 45.9 Å². The van der Waals surface area contributed by atoms with Crippen LogP contribution in [0.1, 0.15) is 37.0 Å². The van der Waals surface area contributed by atoms with Gasteiger partial charge in [-0.3, -0.25) is 9.69 Å². The van der Waals surface area contributed by atoms with E-state index in [2.05, 4.69) is 24.8 Å². The monoisotopic (exact) mass is 487 g/mol. The number of likely N-dealkylation sites (N-methyl/N-ethyl adjacent to an activating group) is 1. The number of carbonyl (C=O) groups excluding carboxylic acids is 1. The number of benzene rings is 2. The Bertz CT molecular complexity index is 1210. The molecule has 3 aromatic rings. The average Bonchev–Trinajstić information content (AvgIpc) is 3.19. The number of rotatable bonds is 10. The van der Waals surface area contributed by atoms with E-state index in [1.165, 1.54) is 11.3 Å². The number of fused-ring (bicyclic) bond motifs is 1. The summed E-state index contributed by atoms with van der Waals surface area (Å²) >= 11 is 1.49. The third kappa shape index (κ3) is 6.19. The van der Waals surface area contributed by atoms with Gasteiger partial charge in [-0.1, -0.05) is 48.9 Å². The average molecular weight is 488 g/mol. The molecule has 8 heteroatoms. The maximum Gasteiger partial charge on any atom is 0.229 e. The van der Waals surface area contributed by atoms with Gasteiger partial charge in [0.1, 0.15) is 0 Å². The normalized spacial score (nSPS) is 11.9. The lowest BCUT2D eigenvalue weighted by Gasteiger charge is -2.24. The summed E-state index contributed by atoms with van der Waals surface area (Å²) in [5.74, 6) is -0.439. The molecular weight excluding hydrogens is 454 g/mol. The standard InChI is InChI=1S/C25H33N3O3S2/c1-6-27(7-2)13-14-28(25-26-22-17-19(4)16-20(5)24(22)32-25)23(29)12-15-33(30,31)21-10-8-18(3)9-11-21/h8-11,16-17H,6-7,12-15H2,1-5H3. The third-order valence-electron chi connectivity index (χ3n) is 5.84. The molecule has 0 aliphatic carbocycles. The van der Waals surface area contributed by atoms with Gasteiger partial charge >= 0.3 is 0 Å². The summed E-state index contributed by atoms with van der Waals surface area (Å²) in [4.78, 5) is 22.2. The summed E-state index contributed by atoms with van der Waals surface area (Å²) in [7, 11) is -3.54. The number of aryl methyl sites for hydroxylation is 3. The molecule has 0 saturated heterocycles. The van der Waals surface area contributed by atoms with E-state index in [-0.39, 0.29) is 23.0 Å². The molecule has 178 valence electrons. The molecule has 0 radical (unpaired) electrons. The van der Waals surface area contributed by atoms with E-state index < -0.39 is 9.84 Å². The fourth-order valence-electron chi connectivity index (χ4n) is 3.81. The zero-order chi connectivity index (χ0) is 24.2. The minimum atomic E-state index is -3.54. The number of amides is 1. The first-order valence-electron chi connectivity index (χ1n) is 11.3. The molecule has 0 unspecified atom stereocenters. The van der Waals surface area contributed by atoms with Crippen LogP contribution < -0.4 is 4.90 Å². The molecule has 1 heterocycles. The van der Waals surface area contributed by atoms with E-state index in [4.69, 9.17) is 4.98 Å². The molecule has 6 nitrogen and oxygen atoms in total. The van der Waals surface area contributed by atoms with Gasteiger partial charge in [-0.15, -0.1) is 0 Å². The number of anilines is 1. The minimum Gasteiger partial charge on any atom is -0.302 e. The van der Waals surface area contributed by atoms with Crippen LogP contribution in [0.15, 0.2) is 41.3 Å². The number of thiazole rings is 1. The van der Waals surface area contributed by atoms with Crippen molar-refractivity contribution in [1.29, 1.82) is 0 Å². The van der Waals surface area contributed by atoms with E-state index in [0.29, 0.717) is 18.2 Å². The third-order valence-corrected chi connectivity index (χ3v) is 8.80. The highest BCUT2D eigenvalue weighted by molar-refractivity contribution is 7.91. The molecule has 0 aliphatic rings. The lowest BCUT2D eigenvalue weighted by molar-refractivity contribution is -0.118. The van der Waals surface area contributed by atoms with E-state index >= 15 is 0 Å². The Kier molecular flexibility index (Phi) is 8.26. The summed E-state index contributed by atoms with van der Waals surface area (Å²) in [5, 5.41) is 0.628. The second-order valence-corrected chi connectivity index (χ2v) is 11.5. The Labute approximate surface area is 201 Å². The molecule has 0 aliphatic heterocycles. The van der Waals surface area contributed by atoms with Crippen LogP contribution in [0.4, 0.5) is 5.13 Å². The second kappa shape index (κ2) is 10.8. The number of sulfone groups is 1. The Morgan fingerprint density at radius 3 is 2.27 bits per heavy atom. The summed E-state index contributed by atoms with van der Waals surface area (Å²) in [6.07, 6.45) is -0.0810. The topological polar surface area (TPSA) is 70.6 Å². The fourth-order valence-corrected chi connectivity index (χ4v) is 6.10. The van der Waals surface area contributed by atoms with Crippen LogP contribution in [-0.4, -0.2) is 56.1 Å². The number of hydrogen-bond donors (Lipinski definition) is 0. The summed E-state index contributed by atoms with van der Waals surface area (Å²) in [5.41, 5.74) is 4.13. The highest BCUT2D eigenvalue weighted by Crippen LogP contribution is 2.32. The molecule has 0 bridgehead atoms. The van der Waals surface area contributed by atoms with Crippen LogP contribution in [-0.2, 0) is 14.6 Å². The van der Waals surface area contributed by atoms with Crippen LogP contribution in [0.5, 0.6) is 0 Å². The molecule has 0 spiro atoms. The molecule has 0 saturated carbocycles. The van der Waals surface area contributed by atoms with Crippen molar-refractivity contribution in [2.24, 2.45) is 0 Å². The van der Waals surface area contributed by atoms with Crippen molar-refractivity contribution in [1.82, 2.24) is 9.88 Å². The Balaban J connectivity index is 1.85. The second-order valence-electron chi connectivity index (χ2n) is 8.38. The van der Waals surface area contributed by atoms with Crippen LogP contribution in [0, 0.1) is 20.8 Å². The zero-order valence-electron chi connectivity index (χ0n) is 20.1. The van der Waals surface area contributed by atoms with Gasteiger partial charge in [-0.2, -0.15) is 0 Å². The van der Waals surface area contributed by atoms with Crippen molar-refractivity contribution in [3.8, 4) is 0 Å². The quantitative estimate of drug-likeness (QED) is 0.412. The predicted octanol–water partition coefficient (Wildman–Crippen LogP) is 4.76. The number of hydrogen-bond acceptors (Lipinski definition) is 6. The molecule has 3 rings (SSSR count). The first-order valence-corrected chi connectivity index (χ1v) is 13.8. The van der Waals surface area contributed by atoms with Crippen LogP contribution in [0.3, 0.4) is 0 Å². The van der Waals surface area contributed by atoms with Crippen LogP contribution >= 0.6 is 11.3 Å². The molecule has 0 atom stereocenters. The maximum atomic E-state index is 13.3. The highest BCUT2D eigenvalue weighted by atomic mass is 32.2. The van der Waals surface area contributed by atoms with Gasteiger partial charge in [0, 0.05) is 19.5 Å². The van der Waals surface area contributed by atoms with Crippen LogP contribution in [0.25, 0.3) is 10.2 Å².